The summed E-state index contributed by atoms with van der Waals surface area (Å²) in [5.74, 6) is 8.03. The summed E-state index contributed by atoms with van der Waals surface area (Å²) in [6, 6.07) is 1.93. The number of imidazole rings is 7. The van der Waals surface area contributed by atoms with E-state index in [0.717, 1.165) is 63.1 Å². The third-order valence-corrected chi connectivity index (χ3v) is 21.6. The maximum Gasteiger partial charge on any atom is 0.224 e. The van der Waals surface area contributed by atoms with Crippen LogP contribution in [0.4, 0.5) is 82.4 Å². The maximum atomic E-state index is 5.73. The first-order valence-corrected chi connectivity index (χ1v) is 43.1. The molecule has 0 fully saturated rings. The van der Waals surface area contributed by atoms with E-state index in [4.69, 9.17) is 40.1 Å². The van der Waals surface area contributed by atoms with Crippen molar-refractivity contribution in [2.24, 2.45) is 55.7 Å². The molecule has 0 saturated heterocycles. The van der Waals surface area contributed by atoms with Crippen molar-refractivity contribution in [3.8, 4) is 0 Å². The van der Waals surface area contributed by atoms with E-state index < -0.39 is 0 Å². The number of aromatic nitrogens is 28. The van der Waals surface area contributed by atoms with E-state index in [1.165, 1.54) is 0 Å². The van der Waals surface area contributed by atoms with Gasteiger partial charge in [0.25, 0.3) is 0 Å². The number of hydrogen-bond donors (Lipinski definition) is 21. The van der Waals surface area contributed by atoms with Gasteiger partial charge in [-0.25, -0.2) is 34.9 Å². The predicted octanol–water partition coefficient (Wildman–Crippen LogP) is 15.2. The summed E-state index contributed by atoms with van der Waals surface area (Å²) in [6.45, 7) is 67.7. The Bertz CT molecular complexity index is 5370. The number of nitrogens with two attached hydrogens (primary N) is 7. The SMILES string of the molecule is CC(C)[C@@H](Nc1nc(N)nc2nc[nH]c12)C(C)(C)C.CC(C)[C@H](Nc1nc(N)nc2nc[nH]c12)C(C)(C)C.CC(C)[C@H](Nc1nc(N)nc2nc[nH]c12)C(C)(C)C.CC[C@@H](Nc1nc(N)nc2nc[nH]c12)C(C)(C)C.CC[C@H](Nc1nc(N)nc2nc[nH]c12)C(C)(C)C.C[C@@H](Nc1nc(N)nc2nc[nH]c12)C(C)(C)C.C[C@H](Nc1nc(N)nc2nc[nH]c12)C(C)(C)C. The topological polar surface area (TPSA) is 648 Å². The Hall–Kier alpha value is -13.0. The van der Waals surface area contributed by atoms with Crippen LogP contribution in [0.5, 0.6) is 0 Å². The first-order chi connectivity index (χ1) is 58.9. The highest BCUT2D eigenvalue weighted by molar-refractivity contribution is 5.88. The third-order valence-electron chi connectivity index (χ3n) is 21.6. The van der Waals surface area contributed by atoms with E-state index in [0.29, 0.717) is 98.5 Å². The molecule has 692 valence electrons. The zero-order valence-electron chi connectivity index (χ0n) is 80.2. The van der Waals surface area contributed by atoms with E-state index in [1.54, 1.807) is 44.3 Å². The number of rotatable bonds is 19. The average Bonchev–Trinajstić information content (AvgIpc) is 1.80. The predicted molar refractivity (Wildman–Crippen MR) is 517 cm³/mol. The van der Waals surface area contributed by atoms with Gasteiger partial charge in [0.2, 0.25) is 41.6 Å². The summed E-state index contributed by atoms with van der Waals surface area (Å²) >= 11 is 0. The van der Waals surface area contributed by atoms with Gasteiger partial charge < -0.3 is 112 Å². The molecule has 42 heteroatoms. The molecule has 0 unspecified atom stereocenters. The lowest BCUT2D eigenvalue weighted by Crippen LogP contribution is -2.38. The molecule has 0 aromatic carbocycles. The van der Waals surface area contributed by atoms with Crippen LogP contribution in [-0.4, -0.2) is 182 Å². The number of nitrogens with one attached hydrogen (secondary N) is 14. The number of H-pyrrole nitrogens is 7. The van der Waals surface area contributed by atoms with E-state index in [2.05, 4.69) is 391 Å². The van der Waals surface area contributed by atoms with Gasteiger partial charge in [-0.15, -0.1) is 0 Å². The van der Waals surface area contributed by atoms with Crippen molar-refractivity contribution in [3.63, 3.8) is 0 Å². The lowest BCUT2D eigenvalue weighted by atomic mass is 9.80. The number of hydrogen-bond acceptors (Lipinski definition) is 35. The van der Waals surface area contributed by atoms with Crippen molar-refractivity contribution in [2.75, 3.05) is 77.4 Å². The van der Waals surface area contributed by atoms with Crippen LogP contribution in [0.2, 0.25) is 0 Å². The lowest BCUT2D eigenvalue weighted by Gasteiger charge is -2.35. The highest BCUT2D eigenvalue weighted by Gasteiger charge is 2.34. The van der Waals surface area contributed by atoms with Gasteiger partial charge >= 0.3 is 0 Å². The average molecular weight is 1750 g/mol. The molecule has 14 aromatic rings. The molecular weight excluding hydrogens is 1610 g/mol. The van der Waals surface area contributed by atoms with Crippen LogP contribution in [0.3, 0.4) is 0 Å². The standard InChI is InChI=1S/3C13H22N6.2C12H20N6.2C11H18N6/c3*1-7(2)9(13(3,4)5)17-11-8-10(16-6-15-8)18-12(14)19-11;2*1-5-7(12(2,3)4)16-10-8-9(15-6-14-8)17-11(13)18-10;2*1-6(11(2,3)4)15-9-7-8(14-5-13-7)16-10(12)17-9/h3*6-7,9H,1-5H3,(H4,14,15,16,17,18,19);2*6-7H,5H2,1-4H3,(H4,13,14,15,16,17,18);2*5-6H,1-4H3,(H4,12,13,14,15,16,17)/t3*9-;2*7-;2*6-/m1001010/s1. The number of aromatic amines is 7. The van der Waals surface area contributed by atoms with Crippen molar-refractivity contribution in [1.82, 2.24) is 140 Å². The highest BCUT2D eigenvalue weighted by Crippen LogP contribution is 2.36. The molecule has 127 heavy (non-hydrogen) atoms. The van der Waals surface area contributed by atoms with Crippen LogP contribution in [0.25, 0.3) is 78.1 Å². The molecule has 0 aliphatic rings. The maximum absolute atomic E-state index is 5.73. The van der Waals surface area contributed by atoms with Crippen LogP contribution in [0.1, 0.15) is 227 Å². The second-order valence-corrected chi connectivity index (χ2v) is 40.3. The summed E-state index contributed by atoms with van der Waals surface area (Å²) in [4.78, 5) is 108. The Labute approximate surface area is 743 Å². The number of nitrogen functional groups attached to an aromatic ring is 7. The normalized spacial score (nSPS) is 13.9. The van der Waals surface area contributed by atoms with Gasteiger partial charge in [-0.05, 0) is 82.3 Å². The van der Waals surface area contributed by atoms with Gasteiger partial charge in [0.15, 0.2) is 80.3 Å². The Balaban J connectivity index is 0.000000183. The minimum Gasteiger partial charge on any atom is -0.368 e. The molecule has 28 N–H and O–H groups in total. The summed E-state index contributed by atoms with van der Waals surface area (Å²) in [6.07, 6.45) is 13.2. The summed E-state index contributed by atoms with van der Waals surface area (Å²) in [7, 11) is 0. The van der Waals surface area contributed by atoms with Gasteiger partial charge in [-0.1, -0.05) is 201 Å². The van der Waals surface area contributed by atoms with Crippen LogP contribution in [0, 0.1) is 55.7 Å². The molecule has 14 aromatic heterocycles. The quantitative estimate of drug-likeness (QED) is 0.0357. The molecule has 14 heterocycles. The van der Waals surface area contributed by atoms with Crippen molar-refractivity contribution in [1.29, 1.82) is 0 Å². The first kappa shape index (κ1) is 99.5. The van der Waals surface area contributed by atoms with Crippen LogP contribution < -0.4 is 77.4 Å². The van der Waals surface area contributed by atoms with Gasteiger partial charge in [0.05, 0.1) is 44.3 Å². The van der Waals surface area contributed by atoms with Crippen molar-refractivity contribution in [2.45, 2.75) is 270 Å². The smallest absolute Gasteiger partial charge is 0.224 e. The van der Waals surface area contributed by atoms with E-state index in [1.807, 2.05) is 0 Å². The molecule has 0 aliphatic carbocycles. The molecule has 7 atom stereocenters. The fourth-order valence-corrected chi connectivity index (χ4v) is 14.3. The Morgan fingerprint density at radius 2 is 0.386 bits per heavy atom. The van der Waals surface area contributed by atoms with Crippen LogP contribution in [0.15, 0.2) is 44.3 Å². The molecule has 0 spiro atoms. The van der Waals surface area contributed by atoms with Gasteiger partial charge in [-0.2, -0.15) is 69.8 Å². The molecule has 42 nitrogen and oxygen atoms in total. The largest absolute Gasteiger partial charge is 0.368 e. The fourth-order valence-electron chi connectivity index (χ4n) is 14.3. The molecule has 0 radical (unpaired) electrons. The molecule has 0 aliphatic heterocycles. The van der Waals surface area contributed by atoms with Crippen molar-refractivity contribution in [3.05, 3.63) is 44.3 Å². The Kier molecular flexibility index (Phi) is 31.8. The van der Waals surface area contributed by atoms with E-state index in [9.17, 15) is 0 Å². The van der Waals surface area contributed by atoms with Crippen molar-refractivity contribution < 1.29 is 0 Å². The van der Waals surface area contributed by atoms with Crippen LogP contribution in [-0.2, 0) is 0 Å². The number of fused-ring (bicyclic) bond motifs is 7. The van der Waals surface area contributed by atoms with Gasteiger partial charge in [0, 0.05) is 42.3 Å². The summed E-state index contributed by atoms with van der Waals surface area (Å²) < 4.78 is 0. The molecule has 14 rings (SSSR count). The number of anilines is 14. The second kappa shape index (κ2) is 40.6. The molecular formula is C85H142N42. The lowest BCUT2D eigenvalue weighted by molar-refractivity contribution is 0.280. The monoisotopic (exact) mass is 1750 g/mol. The van der Waals surface area contributed by atoms with E-state index >= 15 is 0 Å². The minimum atomic E-state index is 0.111. The van der Waals surface area contributed by atoms with Gasteiger partial charge in [-0.3, -0.25) is 0 Å². The fraction of sp³-hybridized carbons (Fsp3) is 0.588. The van der Waals surface area contributed by atoms with Crippen LogP contribution >= 0.6 is 0 Å². The first-order valence-electron chi connectivity index (χ1n) is 43.1. The second-order valence-electron chi connectivity index (χ2n) is 40.3. The minimum absolute atomic E-state index is 0.111. The molecule has 0 saturated carbocycles. The Morgan fingerprint density at radius 3 is 0.520 bits per heavy atom. The zero-order valence-corrected chi connectivity index (χ0v) is 80.2. The summed E-state index contributed by atoms with van der Waals surface area (Å²) in [5.41, 5.74) is 50.4. The van der Waals surface area contributed by atoms with Crippen molar-refractivity contribution >= 4 is 161 Å². The highest BCUT2D eigenvalue weighted by atomic mass is 15.2. The van der Waals surface area contributed by atoms with E-state index in [-0.39, 0.29) is 110 Å². The Morgan fingerprint density at radius 1 is 0.228 bits per heavy atom. The third kappa shape index (κ3) is 27.0. The molecule has 0 bridgehead atoms. The number of nitrogens with zero attached hydrogens (tertiary/aromatic N) is 21. The zero-order chi connectivity index (χ0) is 94.6. The summed E-state index contributed by atoms with van der Waals surface area (Å²) in [5, 5.41) is 24.0. The molecule has 0 amide bonds. The van der Waals surface area contributed by atoms with Gasteiger partial charge in [0.1, 0.15) is 38.6 Å².